The molecule has 4 N–H and O–H groups in total. The Morgan fingerprint density at radius 2 is 1.90 bits per heavy atom. The number of carboxylic acid groups (broad SMARTS) is 1. The normalized spacial score (nSPS) is 10.2. The number of nitrogen functional groups attached to an aromatic ring is 1. The number of para-hydroxylation sites is 1. The largest absolute Gasteiger partial charge is 0.478 e. The number of hydrogen-bond acceptors (Lipinski definition) is 3. The standard InChI is InChI=1S/C15H13FN2O3/c1-8-7-9(5-6-10(8)15(20)21)18-14(19)11-3-2-4-12(16)13(11)17/h2-7H,17H2,1H3,(H,18,19)(H,20,21). The molecule has 1 amide bonds. The lowest BCUT2D eigenvalue weighted by atomic mass is 10.1. The average molecular weight is 288 g/mol. The van der Waals surface area contributed by atoms with Crippen molar-refractivity contribution in [1.82, 2.24) is 0 Å². The van der Waals surface area contributed by atoms with Gasteiger partial charge in [-0.25, -0.2) is 9.18 Å². The molecule has 0 spiro atoms. The highest BCUT2D eigenvalue weighted by atomic mass is 19.1. The molecule has 0 radical (unpaired) electrons. The van der Waals surface area contributed by atoms with Gasteiger partial charge in [0.15, 0.2) is 0 Å². The number of carbonyl (C=O) groups is 2. The number of hydrogen-bond donors (Lipinski definition) is 3. The average Bonchev–Trinajstić information content (AvgIpc) is 2.41. The first-order valence-electron chi connectivity index (χ1n) is 6.09. The molecular weight excluding hydrogens is 275 g/mol. The molecule has 6 heteroatoms. The van der Waals surface area contributed by atoms with Crippen LogP contribution >= 0.6 is 0 Å². The van der Waals surface area contributed by atoms with Crippen LogP contribution in [0.2, 0.25) is 0 Å². The van der Waals surface area contributed by atoms with Crippen molar-refractivity contribution in [3.8, 4) is 0 Å². The maximum Gasteiger partial charge on any atom is 0.335 e. The van der Waals surface area contributed by atoms with Crippen molar-refractivity contribution in [3.05, 3.63) is 58.9 Å². The van der Waals surface area contributed by atoms with Crippen LogP contribution in [0, 0.1) is 12.7 Å². The molecule has 2 rings (SSSR count). The van der Waals surface area contributed by atoms with Crippen LogP contribution in [0.5, 0.6) is 0 Å². The lowest BCUT2D eigenvalue weighted by molar-refractivity contribution is 0.0696. The Balaban J connectivity index is 2.26. The molecule has 0 saturated heterocycles. The zero-order valence-corrected chi connectivity index (χ0v) is 11.2. The van der Waals surface area contributed by atoms with Gasteiger partial charge in [0.05, 0.1) is 16.8 Å². The Kier molecular flexibility index (Phi) is 3.89. The molecule has 0 saturated carbocycles. The summed E-state index contributed by atoms with van der Waals surface area (Å²) in [6.07, 6.45) is 0. The zero-order chi connectivity index (χ0) is 15.6. The van der Waals surface area contributed by atoms with E-state index in [-0.39, 0.29) is 16.8 Å². The molecule has 0 aliphatic rings. The summed E-state index contributed by atoms with van der Waals surface area (Å²) in [6.45, 7) is 1.62. The second kappa shape index (κ2) is 5.62. The third-order valence-corrected chi connectivity index (χ3v) is 3.01. The molecule has 0 aliphatic carbocycles. The minimum absolute atomic E-state index is 0.0231. The molecule has 0 heterocycles. The summed E-state index contributed by atoms with van der Waals surface area (Å²) in [5, 5.41) is 11.5. The van der Waals surface area contributed by atoms with E-state index >= 15 is 0 Å². The first-order valence-corrected chi connectivity index (χ1v) is 6.09. The minimum Gasteiger partial charge on any atom is -0.478 e. The number of rotatable bonds is 3. The van der Waals surface area contributed by atoms with Crippen LogP contribution in [0.15, 0.2) is 36.4 Å². The first-order chi connectivity index (χ1) is 9.90. The van der Waals surface area contributed by atoms with Crippen LogP contribution in [0.3, 0.4) is 0 Å². The molecule has 0 unspecified atom stereocenters. The van der Waals surface area contributed by atoms with E-state index < -0.39 is 17.7 Å². The van der Waals surface area contributed by atoms with Crippen molar-refractivity contribution in [3.63, 3.8) is 0 Å². The predicted octanol–water partition coefficient (Wildman–Crippen LogP) is 2.67. The van der Waals surface area contributed by atoms with Crippen LogP contribution in [0.1, 0.15) is 26.3 Å². The van der Waals surface area contributed by atoms with Gasteiger partial charge in [0.1, 0.15) is 5.82 Å². The van der Waals surface area contributed by atoms with Crippen molar-refractivity contribution in [1.29, 1.82) is 0 Å². The Hall–Kier alpha value is -2.89. The van der Waals surface area contributed by atoms with Crippen molar-refractivity contribution in [2.75, 3.05) is 11.1 Å². The first kappa shape index (κ1) is 14.5. The van der Waals surface area contributed by atoms with Gasteiger partial charge in [-0.2, -0.15) is 0 Å². The van der Waals surface area contributed by atoms with E-state index in [4.69, 9.17) is 10.8 Å². The van der Waals surface area contributed by atoms with Crippen LogP contribution in [-0.2, 0) is 0 Å². The number of aryl methyl sites for hydroxylation is 1. The van der Waals surface area contributed by atoms with E-state index in [0.717, 1.165) is 6.07 Å². The van der Waals surface area contributed by atoms with Crippen molar-refractivity contribution in [2.45, 2.75) is 6.92 Å². The summed E-state index contributed by atoms with van der Waals surface area (Å²) in [7, 11) is 0. The number of carbonyl (C=O) groups excluding carboxylic acids is 1. The van der Waals surface area contributed by atoms with Gasteiger partial charge >= 0.3 is 5.97 Å². The third kappa shape index (κ3) is 3.00. The van der Waals surface area contributed by atoms with Crippen LogP contribution in [0.4, 0.5) is 15.8 Å². The van der Waals surface area contributed by atoms with Crippen molar-refractivity contribution in [2.24, 2.45) is 0 Å². The highest BCUT2D eigenvalue weighted by Gasteiger charge is 2.14. The van der Waals surface area contributed by atoms with E-state index in [2.05, 4.69) is 5.32 Å². The van der Waals surface area contributed by atoms with Crippen LogP contribution < -0.4 is 11.1 Å². The van der Waals surface area contributed by atoms with Crippen LogP contribution in [0.25, 0.3) is 0 Å². The van der Waals surface area contributed by atoms with Gasteiger partial charge in [0.25, 0.3) is 5.91 Å². The number of halogens is 1. The fraction of sp³-hybridized carbons (Fsp3) is 0.0667. The molecule has 0 aliphatic heterocycles. The maximum absolute atomic E-state index is 13.3. The fourth-order valence-electron chi connectivity index (χ4n) is 1.91. The molecule has 0 bridgehead atoms. The van der Waals surface area contributed by atoms with Gasteiger partial charge in [0.2, 0.25) is 0 Å². The lowest BCUT2D eigenvalue weighted by Crippen LogP contribution is -2.15. The number of carboxylic acids is 1. The van der Waals surface area contributed by atoms with Gasteiger partial charge < -0.3 is 16.2 Å². The molecule has 2 aromatic carbocycles. The van der Waals surface area contributed by atoms with E-state index in [1.807, 2.05) is 0 Å². The summed E-state index contributed by atoms with van der Waals surface area (Å²) >= 11 is 0. The fourth-order valence-corrected chi connectivity index (χ4v) is 1.91. The number of amides is 1. The van der Waals surface area contributed by atoms with Gasteiger partial charge in [-0.3, -0.25) is 4.79 Å². The van der Waals surface area contributed by atoms with Gasteiger partial charge in [-0.15, -0.1) is 0 Å². The highest BCUT2D eigenvalue weighted by Crippen LogP contribution is 2.19. The summed E-state index contributed by atoms with van der Waals surface area (Å²) in [6, 6.07) is 8.34. The summed E-state index contributed by atoms with van der Waals surface area (Å²) in [5.41, 5.74) is 6.38. The number of benzene rings is 2. The second-order valence-corrected chi connectivity index (χ2v) is 4.49. The Bertz CT molecular complexity index is 729. The third-order valence-electron chi connectivity index (χ3n) is 3.01. The monoisotopic (exact) mass is 288 g/mol. The summed E-state index contributed by atoms with van der Waals surface area (Å²) in [4.78, 5) is 23.0. The van der Waals surface area contributed by atoms with E-state index in [0.29, 0.717) is 11.3 Å². The molecule has 2 aromatic rings. The van der Waals surface area contributed by atoms with Gasteiger partial charge in [0, 0.05) is 5.69 Å². The summed E-state index contributed by atoms with van der Waals surface area (Å²) < 4.78 is 13.3. The lowest BCUT2D eigenvalue weighted by Gasteiger charge is -2.09. The van der Waals surface area contributed by atoms with Crippen LogP contribution in [-0.4, -0.2) is 17.0 Å². The number of anilines is 2. The smallest absolute Gasteiger partial charge is 0.335 e. The number of aromatic carboxylic acids is 1. The topological polar surface area (TPSA) is 92.4 Å². The zero-order valence-electron chi connectivity index (χ0n) is 11.2. The molecule has 0 fully saturated rings. The van der Waals surface area contributed by atoms with Crippen molar-refractivity contribution < 1.29 is 19.1 Å². The number of nitrogens with one attached hydrogen (secondary N) is 1. The molecule has 0 atom stereocenters. The number of nitrogens with two attached hydrogens (primary N) is 1. The molecule has 0 aromatic heterocycles. The van der Waals surface area contributed by atoms with Gasteiger partial charge in [-0.1, -0.05) is 6.07 Å². The quantitative estimate of drug-likeness (QED) is 0.757. The second-order valence-electron chi connectivity index (χ2n) is 4.49. The molecular formula is C15H13FN2O3. The minimum atomic E-state index is -1.04. The predicted molar refractivity (Wildman–Crippen MR) is 76.9 cm³/mol. The Labute approximate surface area is 120 Å². The van der Waals surface area contributed by atoms with Crippen molar-refractivity contribution >= 4 is 23.3 Å². The van der Waals surface area contributed by atoms with E-state index in [1.54, 1.807) is 6.92 Å². The van der Waals surface area contributed by atoms with E-state index in [1.165, 1.54) is 30.3 Å². The maximum atomic E-state index is 13.3. The van der Waals surface area contributed by atoms with E-state index in [9.17, 15) is 14.0 Å². The highest BCUT2D eigenvalue weighted by molar-refractivity contribution is 6.08. The molecule has 108 valence electrons. The summed E-state index contributed by atoms with van der Waals surface area (Å²) in [5.74, 6) is -2.27. The molecule has 21 heavy (non-hydrogen) atoms. The Morgan fingerprint density at radius 1 is 1.19 bits per heavy atom. The van der Waals surface area contributed by atoms with Gasteiger partial charge in [-0.05, 0) is 42.8 Å². The molecule has 5 nitrogen and oxygen atoms in total. The SMILES string of the molecule is Cc1cc(NC(=O)c2cccc(F)c2N)ccc1C(=O)O. The Morgan fingerprint density at radius 3 is 2.52 bits per heavy atom.